The highest BCUT2D eigenvalue weighted by Crippen LogP contribution is 2.19. The van der Waals surface area contributed by atoms with E-state index >= 15 is 0 Å². The quantitative estimate of drug-likeness (QED) is 0.610. The zero-order valence-electron chi connectivity index (χ0n) is 10.5. The van der Waals surface area contributed by atoms with E-state index in [0.717, 1.165) is 36.4 Å². The molecular weight excluding hydrogens is 381 g/mol. The van der Waals surface area contributed by atoms with Crippen LogP contribution in [0, 0.1) is 3.57 Å². The topological polar surface area (TPSA) is 40.0 Å². The van der Waals surface area contributed by atoms with Gasteiger partial charge in [0, 0.05) is 3.57 Å². The maximum absolute atomic E-state index is 11.9. The molecule has 0 bridgehead atoms. The zero-order valence-corrected chi connectivity index (χ0v) is 13.4. The monoisotopic (exact) mass is 396 g/mol. The Kier molecular flexibility index (Phi) is 5.87. The maximum atomic E-state index is 11.9. The van der Waals surface area contributed by atoms with E-state index in [-0.39, 0.29) is 5.97 Å². The Morgan fingerprint density at radius 3 is 2.89 bits per heavy atom. The van der Waals surface area contributed by atoms with Gasteiger partial charge in [-0.05, 0) is 40.8 Å². The molecule has 0 unspecified atom stereocenters. The second-order valence-corrected chi connectivity index (χ2v) is 6.03. The SMILES string of the molecule is O=C(OCC[NH+]1CCOCC1)c1cc(I)ccc1Cl. The number of carbonyl (C=O) groups excluding carboxylic acids is 1. The third kappa shape index (κ3) is 4.59. The Morgan fingerprint density at radius 1 is 1.42 bits per heavy atom. The lowest BCUT2D eigenvalue weighted by molar-refractivity contribution is -0.908. The van der Waals surface area contributed by atoms with E-state index in [1.165, 1.54) is 4.90 Å². The van der Waals surface area contributed by atoms with Crippen molar-refractivity contribution in [3.05, 3.63) is 32.4 Å². The van der Waals surface area contributed by atoms with Crippen LogP contribution in [0.15, 0.2) is 18.2 Å². The van der Waals surface area contributed by atoms with Gasteiger partial charge in [0.2, 0.25) is 0 Å². The summed E-state index contributed by atoms with van der Waals surface area (Å²) in [5.41, 5.74) is 0.436. The minimum Gasteiger partial charge on any atom is -0.456 e. The number of quaternary nitrogens is 1. The number of rotatable bonds is 4. The number of nitrogens with one attached hydrogen (secondary N) is 1. The van der Waals surface area contributed by atoms with Gasteiger partial charge in [-0.1, -0.05) is 11.6 Å². The van der Waals surface area contributed by atoms with Gasteiger partial charge < -0.3 is 14.4 Å². The van der Waals surface area contributed by atoms with Crippen LogP contribution in [0.4, 0.5) is 0 Å². The molecule has 104 valence electrons. The molecule has 0 atom stereocenters. The summed E-state index contributed by atoms with van der Waals surface area (Å²) in [7, 11) is 0. The van der Waals surface area contributed by atoms with Crippen LogP contribution in [0.1, 0.15) is 10.4 Å². The van der Waals surface area contributed by atoms with Crippen molar-refractivity contribution in [1.29, 1.82) is 0 Å². The molecule has 0 aromatic heterocycles. The third-order valence-corrected chi connectivity index (χ3v) is 4.04. The van der Waals surface area contributed by atoms with Gasteiger partial charge in [0.25, 0.3) is 0 Å². The number of benzene rings is 1. The maximum Gasteiger partial charge on any atom is 0.339 e. The summed E-state index contributed by atoms with van der Waals surface area (Å²) in [5, 5.41) is 0.434. The Labute approximate surface area is 131 Å². The van der Waals surface area contributed by atoms with Crippen LogP contribution in [-0.2, 0) is 9.47 Å². The fourth-order valence-electron chi connectivity index (χ4n) is 1.93. The van der Waals surface area contributed by atoms with E-state index in [1.54, 1.807) is 12.1 Å². The summed E-state index contributed by atoms with van der Waals surface area (Å²) in [6.07, 6.45) is 0. The summed E-state index contributed by atoms with van der Waals surface area (Å²) < 4.78 is 11.5. The first kappa shape index (κ1) is 15.0. The highest BCUT2D eigenvalue weighted by atomic mass is 127. The smallest absolute Gasteiger partial charge is 0.339 e. The van der Waals surface area contributed by atoms with Crippen molar-refractivity contribution < 1.29 is 19.2 Å². The summed E-state index contributed by atoms with van der Waals surface area (Å²) in [6.45, 7) is 4.74. The predicted molar refractivity (Wildman–Crippen MR) is 80.8 cm³/mol. The van der Waals surface area contributed by atoms with Gasteiger partial charge in [0.15, 0.2) is 0 Å². The second kappa shape index (κ2) is 7.42. The molecule has 1 N–H and O–H groups in total. The van der Waals surface area contributed by atoms with Gasteiger partial charge in [-0.3, -0.25) is 0 Å². The van der Waals surface area contributed by atoms with Crippen LogP contribution in [-0.4, -0.2) is 45.4 Å². The number of ether oxygens (including phenoxy) is 2. The highest BCUT2D eigenvalue weighted by molar-refractivity contribution is 14.1. The number of morpholine rings is 1. The third-order valence-electron chi connectivity index (χ3n) is 3.04. The van der Waals surface area contributed by atoms with Crippen molar-refractivity contribution in [2.24, 2.45) is 0 Å². The van der Waals surface area contributed by atoms with E-state index in [0.29, 0.717) is 17.2 Å². The van der Waals surface area contributed by atoms with E-state index < -0.39 is 0 Å². The fraction of sp³-hybridized carbons (Fsp3) is 0.462. The highest BCUT2D eigenvalue weighted by Gasteiger charge is 2.16. The summed E-state index contributed by atoms with van der Waals surface area (Å²) in [4.78, 5) is 13.3. The minimum absolute atomic E-state index is 0.351. The number of hydrogen-bond donors (Lipinski definition) is 1. The predicted octanol–water partition coefficient (Wildman–Crippen LogP) is 1.02. The minimum atomic E-state index is -0.351. The van der Waals surface area contributed by atoms with E-state index in [9.17, 15) is 4.79 Å². The number of carbonyl (C=O) groups is 1. The molecule has 0 aliphatic carbocycles. The molecule has 1 heterocycles. The molecule has 1 aliphatic rings. The first-order valence-electron chi connectivity index (χ1n) is 6.20. The lowest BCUT2D eigenvalue weighted by Crippen LogP contribution is -3.14. The molecule has 1 aliphatic heterocycles. The van der Waals surface area contributed by atoms with Crippen molar-refractivity contribution in [2.45, 2.75) is 0 Å². The van der Waals surface area contributed by atoms with Gasteiger partial charge in [0.1, 0.15) is 26.2 Å². The van der Waals surface area contributed by atoms with Gasteiger partial charge in [-0.2, -0.15) is 0 Å². The van der Waals surface area contributed by atoms with Crippen molar-refractivity contribution >= 4 is 40.2 Å². The molecule has 1 saturated heterocycles. The Morgan fingerprint density at radius 2 is 2.16 bits per heavy atom. The molecule has 1 aromatic carbocycles. The first-order valence-corrected chi connectivity index (χ1v) is 7.66. The normalized spacial score (nSPS) is 16.3. The van der Waals surface area contributed by atoms with Gasteiger partial charge in [-0.25, -0.2) is 4.79 Å². The Hall–Kier alpha value is -0.370. The summed E-state index contributed by atoms with van der Waals surface area (Å²) >= 11 is 8.14. The van der Waals surface area contributed by atoms with Crippen LogP contribution in [0.3, 0.4) is 0 Å². The largest absolute Gasteiger partial charge is 0.456 e. The van der Waals surface area contributed by atoms with Crippen LogP contribution in [0.25, 0.3) is 0 Å². The molecule has 0 saturated carbocycles. The standard InChI is InChI=1S/C13H15ClINO3/c14-12-2-1-10(15)9-11(12)13(17)19-8-5-16-3-6-18-7-4-16/h1-2,9H,3-8H2/p+1. The van der Waals surface area contributed by atoms with Gasteiger partial charge in [-0.15, -0.1) is 0 Å². The number of esters is 1. The van der Waals surface area contributed by atoms with Crippen molar-refractivity contribution in [2.75, 3.05) is 39.5 Å². The van der Waals surface area contributed by atoms with Crippen LogP contribution < -0.4 is 4.90 Å². The second-order valence-electron chi connectivity index (χ2n) is 4.37. The molecule has 0 spiro atoms. The van der Waals surface area contributed by atoms with Gasteiger partial charge >= 0.3 is 5.97 Å². The first-order chi connectivity index (χ1) is 9.16. The average Bonchev–Trinajstić information content (AvgIpc) is 2.42. The number of hydrogen-bond acceptors (Lipinski definition) is 3. The fourth-order valence-corrected chi connectivity index (χ4v) is 2.62. The Balaban J connectivity index is 1.82. The van der Waals surface area contributed by atoms with Gasteiger partial charge in [0.05, 0.1) is 23.8 Å². The molecule has 6 heteroatoms. The Bertz CT molecular complexity index is 450. The van der Waals surface area contributed by atoms with E-state index in [1.807, 2.05) is 6.07 Å². The van der Waals surface area contributed by atoms with Crippen LogP contribution in [0.5, 0.6) is 0 Å². The molecule has 4 nitrogen and oxygen atoms in total. The molecular formula is C13H16ClINO3+. The molecule has 0 radical (unpaired) electrons. The van der Waals surface area contributed by atoms with Crippen molar-refractivity contribution in [3.63, 3.8) is 0 Å². The average molecular weight is 397 g/mol. The van der Waals surface area contributed by atoms with Crippen LogP contribution >= 0.6 is 34.2 Å². The molecule has 2 rings (SSSR count). The van der Waals surface area contributed by atoms with Crippen LogP contribution in [0.2, 0.25) is 5.02 Å². The molecule has 1 aromatic rings. The number of halogens is 2. The molecule has 0 amide bonds. The lowest BCUT2D eigenvalue weighted by atomic mass is 10.2. The molecule has 1 fully saturated rings. The van der Waals surface area contributed by atoms with Crippen molar-refractivity contribution in [1.82, 2.24) is 0 Å². The van der Waals surface area contributed by atoms with Crippen molar-refractivity contribution in [3.8, 4) is 0 Å². The summed E-state index contributed by atoms with van der Waals surface area (Å²) in [5.74, 6) is -0.351. The lowest BCUT2D eigenvalue weighted by Gasteiger charge is -2.23. The van der Waals surface area contributed by atoms with E-state index in [4.69, 9.17) is 21.1 Å². The summed E-state index contributed by atoms with van der Waals surface area (Å²) in [6, 6.07) is 5.32. The molecule has 19 heavy (non-hydrogen) atoms. The zero-order chi connectivity index (χ0) is 13.7. The van der Waals surface area contributed by atoms with E-state index in [2.05, 4.69) is 22.6 Å².